The van der Waals surface area contributed by atoms with Crippen molar-refractivity contribution in [3.05, 3.63) is 64.7 Å². The van der Waals surface area contributed by atoms with Crippen LogP contribution in [0.25, 0.3) is 0 Å². The van der Waals surface area contributed by atoms with Crippen LogP contribution in [0.5, 0.6) is 5.75 Å². The molecule has 0 radical (unpaired) electrons. The Kier molecular flexibility index (Phi) is 6.25. The summed E-state index contributed by atoms with van der Waals surface area (Å²) in [5, 5.41) is 8.91. The van der Waals surface area contributed by atoms with Gasteiger partial charge in [0.1, 0.15) is 12.4 Å². The van der Waals surface area contributed by atoms with E-state index in [2.05, 4.69) is 22.9 Å². The minimum Gasteiger partial charge on any atom is -0.491 e. The molecular formula is C24H29N3O4. The lowest BCUT2D eigenvalue weighted by atomic mass is 9.77. The van der Waals surface area contributed by atoms with Crippen molar-refractivity contribution in [1.82, 2.24) is 16.0 Å². The molecule has 7 heteroatoms. The lowest BCUT2D eigenvalue weighted by Crippen LogP contribution is -2.40. The van der Waals surface area contributed by atoms with E-state index < -0.39 is 5.41 Å². The number of ether oxygens (including phenoxy) is 2. The van der Waals surface area contributed by atoms with Crippen molar-refractivity contribution >= 4 is 11.8 Å². The van der Waals surface area contributed by atoms with Crippen molar-refractivity contribution in [2.45, 2.75) is 24.9 Å². The molecule has 0 spiro atoms. The summed E-state index contributed by atoms with van der Waals surface area (Å²) in [5.41, 5.74) is 2.32. The first-order chi connectivity index (χ1) is 15.0. The third-order valence-electron chi connectivity index (χ3n) is 6.09. The van der Waals surface area contributed by atoms with Gasteiger partial charge >= 0.3 is 0 Å². The smallest absolute Gasteiger partial charge is 0.254 e. The van der Waals surface area contributed by atoms with Gasteiger partial charge in [0.15, 0.2) is 0 Å². The minimum atomic E-state index is -0.447. The number of carbonyl (C=O) groups excluding carboxylic acids is 2. The van der Waals surface area contributed by atoms with Crippen LogP contribution in [-0.4, -0.2) is 57.8 Å². The Labute approximate surface area is 182 Å². The summed E-state index contributed by atoms with van der Waals surface area (Å²) in [6.45, 7) is 5.34. The van der Waals surface area contributed by atoms with Crippen LogP contribution in [0.1, 0.15) is 45.2 Å². The Morgan fingerprint density at radius 1 is 1.19 bits per heavy atom. The summed E-state index contributed by atoms with van der Waals surface area (Å²) >= 11 is 0. The number of benzene rings is 2. The summed E-state index contributed by atoms with van der Waals surface area (Å²) in [7, 11) is 1.57. The highest BCUT2D eigenvalue weighted by Crippen LogP contribution is 2.45. The second-order valence-corrected chi connectivity index (χ2v) is 8.21. The minimum absolute atomic E-state index is 0.102. The standard InChI is InChI=1S/C24H29N3O4/c1-24(17-6-4-3-5-7-17)15-31-21-19(23(29)25-2)12-16(13-20(21)24)22(28)27-9-8-18-14-26-10-11-30-18/h3-7,12-13,18,26H,8-11,14-15H2,1-2H3,(H,25,29)(H,27,28)/t18-,24-/m1/s1. The van der Waals surface area contributed by atoms with Crippen molar-refractivity contribution in [2.24, 2.45) is 0 Å². The topological polar surface area (TPSA) is 88.7 Å². The Balaban J connectivity index is 1.61. The van der Waals surface area contributed by atoms with Crippen LogP contribution in [0.15, 0.2) is 42.5 Å². The number of carbonyl (C=O) groups is 2. The Hall–Kier alpha value is -2.90. The molecule has 0 aliphatic carbocycles. The maximum atomic E-state index is 13.0. The van der Waals surface area contributed by atoms with Gasteiger partial charge in [-0.05, 0) is 31.0 Å². The van der Waals surface area contributed by atoms with E-state index in [9.17, 15) is 9.59 Å². The first-order valence-corrected chi connectivity index (χ1v) is 10.7. The van der Waals surface area contributed by atoms with Crippen LogP contribution in [-0.2, 0) is 10.2 Å². The van der Waals surface area contributed by atoms with E-state index in [1.807, 2.05) is 36.4 Å². The SMILES string of the molecule is CNC(=O)c1cc(C(=O)NCC[C@@H]2CNCCO2)cc2c1OC[C@]2(C)c1ccccc1. The molecule has 1 fully saturated rings. The van der Waals surface area contributed by atoms with Crippen LogP contribution in [0.2, 0.25) is 0 Å². The molecule has 2 aliphatic rings. The van der Waals surface area contributed by atoms with Crippen LogP contribution in [0, 0.1) is 0 Å². The van der Waals surface area contributed by atoms with Gasteiger partial charge in [-0.1, -0.05) is 30.3 Å². The van der Waals surface area contributed by atoms with E-state index in [0.29, 0.717) is 36.6 Å². The van der Waals surface area contributed by atoms with Crippen LogP contribution in [0.4, 0.5) is 0 Å². The van der Waals surface area contributed by atoms with E-state index in [1.54, 1.807) is 13.1 Å². The molecule has 0 bridgehead atoms. The predicted octanol–water partition coefficient (Wildman–Crippen LogP) is 1.85. The maximum Gasteiger partial charge on any atom is 0.254 e. The van der Waals surface area contributed by atoms with E-state index in [-0.39, 0.29) is 17.9 Å². The monoisotopic (exact) mass is 423 g/mol. The lowest BCUT2D eigenvalue weighted by Gasteiger charge is -2.24. The van der Waals surface area contributed by atoms with E-state index >= 15 is 0 Å². The number of hydrogen-bond donors (Lipinski definition) is 3. The molecule has 3 N–H and O–H groups in total. The third kappa shape index (κ3) is 4.29. The average Bonchev–Trinajstić information content (AvgIpc) is 3.17. The number of amides is 2. The summed E-state index contributed by atoms with van der Waals surface area (Å²) < 4.78 is 11.7. The fourth-order valence-electron chi connectivity index (χ4n) is 4.22. The quantitative estimate of drug-likeness (QED) is 0.660. The lowest BCUT2D eigenvalue weighted by molar-refractivity contribution is 0.0239. The second-order valence-electron chi connectivity index (χ2n) is 8.21. The molecule has 0 unspecified atom stereocenters. The number of rotatable bonds is 6. The van der Waals surface area contributed by atoms with Gasteiger partial charge in [0.2, 0.25) is 0 Å². The Morgan fingerprint density at radius 2 is 2.00 bits per heavy atom. The van der Waals surface area contributed by atoms with Crippen molar-refractivity contribution in [1.29, 1.82) is 0 Å². The van der Waals surface area contributed by atoms with Gasteiger partial charge in [0, 0.05) is 37.8 Å². The number of hydrogen-bond acceptors (Lipinski definition) is 5. The molecule has 7 nitrogen and oxygen atoms in total. The average molecular weight is 424 g/mol. The molecule has 0 aromatic heterocycles. The van der Waals surface area contributed by atoms with Gasteiger partial charge in [-0.3, -0.25) is 9.59 Å². The second kappa shape index (κ2) is 9.08. The fraction of sp³-hybridized carbons (Fsp3) is 0.417. The van der Waals surface area contributed by atoms with E-state index in [0.717, 1.165) is 30.6 Å². The summed E-state index contributed by atoms with van der Waals surface area (Å²) in [4.78, 5) is 25.5. The number of morpholine rings is 1. The zero-order valence-electron chi connectivity index (χ0n) is 18.0. The Morgan fingerprint density at radius 3 is 2.71 bits per heavy atom. The predicted molar refractivity (Wildman–Crippen MR) is 118 cm³/mol. The highest BCUT2D eigenvalue weighted by molar-refractivity contribution is 6.02. The molecule has 2 atom stereocenters. The first kappa shape index (κ1) is 21.3. The molecule has 2 heterocycles. The van der Waals surface area contributed by atoms with Gasteiger partial charge < -0.3 is 25.4 Å². The van der Waals surface area contributed by atoms with Crippen molar-refractivity contribution in [3.63, 3.8) is 0 Å². The Bertz CT molecular complexity index is 957. The highest BCUT2D eigenvalue weighted by atomic mass is 16.5. The van der Waals surface area contributed by atoms with Gasteiger partial charge in [-0.25, -0.2) is 0 Å². The maximum absolute atomic E-state index is 13.0. The van der Waals surface area contributed by atoms with Gasteiger partial charge in [0.05, 0.1) is 23.7 Å². The van der Waals surface area contributed by atoms with Gasteiger partial charge in [-0.15, -0.1) is 0 Å². The molecule has 2 aromatic carbocycles. The molecule has 1 saturated heterocycles. The van der Waals surface area contributed by atoms with Crippen LogP contribution in [0.3, 0.4) is 0 Å². The van der Waals surface area contributed by atoms with Crippen molar-refractivity contribution < 1.29 is 19.1 Å². The van der Waals surface area contributed by atoms with Crippen molar-refractivity contribution in [3.8, 4) is 5.75 Å². The first-order valence-electron chi connectivity index (χ1n) is 10.7. The molecule has 0 saturated carbocycles. The summed E-state index contributed by atoms with van der Waals surface area (Å²) in [5.74, 6) is 0.0628. The van der Waals surface area contributed by atoms with Gasteiger partial charge in [0.25, 0.3) is 11.8 Å². The molecule has 4 rings (SSSR count). The van der Waals surface area contributed by atoms with Crippen LogP contribution < -0.4 is 20.7 Å². The highest BCUT2D eigenvalue weighted by Gasteiger charge is 2.40. The molecule has 164 valence electrons. The normalized spacial score (nSPS) is 22.3. The van der Waals surface area contributed by atoms with Crippen LogP contribution >= 0.6 is 0 Å². The van der Waals surface area contributed by atoms with Crippen molar-refractivity contribution in [2.75, 3.05) is 39.9 Å². The molecule has 31 heavy (non-hydrogen) atoms. The molecule has 2 amide bonds. The largest absolute Gasteiger partial charge is 0.491 e. The zero-order chi connectivity index (χ0) is 21.8. The zero-order valence-corrected chi connectivity index (χ0v) is 18.0. The summed E-state index contributed by atoms with van der Waals surface area (Å²) in [6.07, 6.45) is 0.835. The summed E-state index contributed by atoms with van der Waals surface area (Å²) in [6, 6.07) is 13.5. The van der Waals surface area contributed by atoms with Gasteiger partial charge in [-0.2, -0.15) is 0 Å². The van der Waals surface area contributed by atoms with E-state index in [1.165, 1.54) is 0 Å². The number of nitrogens with one attached hydrogen (secondary N) is 3. The molecular weight excluding hydrogens is 394 g/mol. The third-order valence-corrected chi connectivity index (χ3v) is 6.09. The fourth-order valence-corrected chi connectivity index (χ4v) is 4.22. The number of fused-ring (bicyclic) bond motifs is 1. The molecule has 2 aliphatic heterocycles. The molecule has 2 aromatic rings. The van der Waals surface area contributed by atoms with E-state index in [4.69, 9.17) is 9.47 Å².